The fourth-order valence-electron chi connectivity index (χ4n) is 7.15. The van der Waals surface area contributed by atoms with Crippen LogP contribution in [0.3, 0.4) is 0 Å². The van der Waals surface area contributed by atoms with Gasteiger partial charge in [0.05, 0.1) is 65.9 Å². The molecule has 1 heterocycles. The molecule has 65 heavy (non-hydrogen) atoms. The van der Waals surface area contributed by atoms with Gasteiger partial charge in [-0.2, -0.15) is 0 Å². The van der Waals surface area contributed by atoms with Crippen LogP contribution in [0, 0.1) is 0 Å². The molecule has 0 fully saturated rings. The van der Waals surface area contributed by atoms with Crippen LogP contribution >= 0.6 is 0 Å². The summed E-state index contributed by atoms with van der Waals surface area (Å²) < 4.78 is 422. The molecule has 1 aliphatic rings. The van der Waals surface area contributed by atoms with Gasteiger partial charge in [-0.25, -0.2) is 0 Å². The average Bonchev–Trinajstić information content (AvgIpc) is 1.50. The van der Waals surface area contributed by atoms with Crippen molar-refractivity contribution in [1.82, 2.24) is 4.57 Å². The number of hydrogen-bond acceptors (Lipinski definition) is 1. The normalized spacial score (nSPS) is 23.0. The Morgan fingerprint density at radius 3 is 1.52 bits per heavy atom. The molecule has 1 aromatic heterocycles. The van der Waals surface area contributed by atoms with E-state index in [1.54, 1.807) is 0 Å². The first-order chi connectivity index (χ1) is 51.2. The number of para-hydroxylation sites is 1. The van der Waals surface area contributed by atoms with Crippen LogP contribution in [-0.2, 0) is 5.41 Å². The predicted molar refractivity (Wildman–Crippen MR) is 275 cm³/mol. The second kappa shape index (κ2) is 15.6. The molecule has 1 aliphatic carbocycles. The summed E-state index contributed by atoms with van der Waals surface area (Å²) in [5.41, 5.74) is -24.7. The van der Waals surface area contributed by atoms with Crippen molar-refractivity contribution in [3.05, 3.63) is 253 Å². The molecule has 0 saturated carbocycles. The second-order valence-electron chi connectivity index (χ2n) is 13.8. The van der Waals surface area contributed by atoms with Gasteiger partial charge in [-0.1, -0.05) is 189 Å². The molecular weight excluding hydrogens is 785 g/mol. The van der Waals surface area contributed by atoms with Gasteiger partial charge < -0.3 is 9.47 Å². The number of hydrogen-bond donors (Lipinski definition) is 0. The Kier molecular flexibility index (Phi) is 3.27. The minimum Gasteiger partial charge on any atom is -0.310 e. The summed E-state index contributed by atoms with van der Waals surface area (Å²) in [6, 6.07) is -50.0. The van der Waals surface area contributed by atoms with Crippen LogP contribution in [0.2, 0.25) is 0 Å². The van der Waals surface area contributed by atoms with Crippen LogP contribution in [0.4, 0.5) is 17.1 Å². The van der Waals surface area contributed by atoms with Gasteiger partial charge in [0.2, 0.25) is 0 Å². The van der Waals surface area contributed by atoms with Crippen LogP contribution in [0.5, 0.6) is 0 Å². The molecule has 0 saturated heterocycles. The molecule has 0 spiro atoms. The molecule has 0 amide bonds. The standard InChI is InChI=1S/C63H46N2/c1-63(2)59-23-13-11-21-55(59)56-39-38-52(42-60(56)63)64(50-36-29-47(30-37-50)54-20-10-9-19-53(54)46-17-7-4-8-18-46)49-32-27-45(28-33-49)48-31-40-62-58(41-48)57-22-12-14-24-61(57)65(62)51-34-25-44(26-35-51)43-15-5-3-6-16-43/h3-42H,1-2H3/i1D3,2D3,3D,4D,5D,6D,7D,8D,9D,10D,11D,12D,13D,14D,15D,16D,17D,18D,19D,20D,21D,22D,23D,24D,25D,26D,27D,28D,29D,30D,31D,32D,33D,34D,35D,36D,37D,38D,39D,40D,41D,42D. The maximum absolute atomic E-state index is 10.2. The largest absolute Gasteiger partial charge is 0.310 e. The lowest BCUT2D eigenvalue weighted by Gasteiger charge is -2.28. The van der Waals surface area contributed by atoms with Crippen molar-refractivity contribution in [1.29, 1.82) is 0 Å². The Bertz CT molecular complexity index is 6020. The van der Waals surface area contributed by atoms with Crippen LogP contribution in [-0.4, -0.2) is 4.57 Å². The molecular formula is C63H46N2. The SMILES string of the molecule is [2H]c1c([2H])c([2H])c(-c2c([2H])c([2H])c(-n3c4c([2H])c([2H])c([2H])c([2H])c4c4c([2H])c(-c5c([2H])c([2H])c(N(c6c([2H])c([2H])c(-c7c([2H])c([2H])c([2H])c([2H])c7-c7c([2H])c([2H])c([2H])c([2H])c7[2H])c([2H])c6[2H])c6c([2H])c([2H])c7c(c6[2H])C(C([2H])([2H])[2H])(C([2H])([2H])[2H])c6c([2H])c([2H])c([2H])c([2H])c6-7)c([2H])c5[2H])c([2H])c([2H])c43)c([2H])c2[2H])c([2H])c1[2H]. The van der Waals surface area contributed by atoms with Gasteiger partial charge in [-0.3, -0.25) is 0 Å². The Balaban J connectivity index is 1.24. The van der Waals surface area contributed by atoms with Crippen molar-refractivity contribution in [2.45, 2.75) is 19.1 Å². The van der Waals surface area contributed by atoms with Gasteiger partial charge in [0.1, 0.15) is 0 Å². The van der Waals surface area contributed by atoms with Crippen molar-refractivity contribution >= 4 is 38.9 Å². The highest BCUT2D eigenvalue weighted by Gasteiger charge is 2.35. The molecule has 2 heteroatoms. The smallest absolute Gasteiger partial charge is 0.0648 e. The lowest BCUT2D eigenvalue weighted by Crippen LogP contribution is -2.16. The summed E-state index contributed by atoms with van der Waals surface area (Å²) in [6.07, 6.45) is 0. The van der Waals surface area contributed by atoms with Crippen molar-refractivity contribution in [2.24, 2.45) is 0 Å². The van der Waals surface area contributed by atoms with Gasteiger partial charge in [-0.05, 0) is 133 Å². The van der Waals surface area contributed by atoms with Crippen molar-refractivity contribution < 1.29 is 63.1 Å². The summed E-state index contributed by atoms with van der Waals surface area (Å²) in [4.78, 5) is 0.0179. The fraction of sp³-hybridized carbons (Fsp3) is 0.0476. The average molecular weight is 877 g/mol. The van der Waals surface area contributed by atoms with E-state index in [1.807, 2.05) is 0 Å². The number of aromatic nitrogens is 1. The summed E-state index contributed by atoms with van der Waals surface area (Å²) in [6.45, 7) is -8.33. The maximum Gasteiger partial charge on any atom is 0.0648 e. The Morgan fingerprint density at radius 1 is 0.354 bits per heavy atom. The molecule has 0 radical (unpaired) electrons. The first kappa shape index (κ1) is 13.7. The van der Waals surface area contributed by atoms with E-state index in [1.165, 1.54) is 0 Å². The minimum atomic E-state index is -4.17. The molecule has 11 aromatic rings. The van der Waals surface area contributed by atoms with E-state index in [4.69, 9.17) is 34.3 Å². The zero-order valence-corrected chi connectivity index (χ0v) is 32.4. The molecule has 12 rings (SSSR count). The Morgan fingerprint density at radius 2 is 0.831 bits per heavy atom. The third kappa shape index (κ3) is 6.57. The van der Waals surface area contributed by atoms with E-state index in [0.29, 0.717) is 4.57 Å². The minimum absolute atomic E-state index is 0.0179. The summed E-state index contributed by atoms with van der Waals surface area (Å²) in [7, 11) is 0. The number of anilines is 3. The molecule has 10 aromatic carbocycles. The molecule has 2 nitrogen and oxygen atoms in total. The zero-order chi connectivity index (χ0) is 83.3. The number of nitrogens with zero attached hydrogens (tertiary/aromatic N) is 2. The molecule has 0 atom stereocenters. The third-order valence-corrected chi connectivity index (χ3v) is 10.1. The van der Waals surface area contributed by atoms with E-state index in [-0.39, 0.29) is 4.90 Å². The highest BCUT2D eigenvalue weighted by Crippen LogP contribution is 2.51. The van der Waals surface area contributed by atoms with Gasteiger partial charge in [0, 0.05) is 47.2 Å². The van der Waals surface area contributed by atoms with E-state index in [2.05, 4.69) is 0 Å². The van der Waals surface area contributed by atoms with E-state index in [9.17, 15) is 28.8 Å². The Hall–Kier alpha value is -8.20. The summed E-state index contributed by atoms with van der Waals surface area (Å²) >= 11 is 0. The van der Waals surface area contributed by atoms with Gasteiger partial charge in [-0.15, -0.1) is 0 Å². The number of rotatable bonds is 8. The van der Waals surface area contributed by atoms with Crippen LogP contribution in [0.15, 0.2) is 242 Å². The lowest BCUT2D eigenvalue weighted by molar-refractivity contribution is 0.660. The molecule has 0 aliphatic heterocycles. The van der Waals surface area contributed by atoms with Crippen LogP contribution in [0.1, 0.15) is 87.9 Å². The van der Waals surface area contributed by atoms with Crippen LogP contribution in [0.25, 0.3) is 83.1 Å². The fourth-order valence-corrected chi connectivity index (χ4v) is 7.15. The van der Waals surface area contributed by atoms with E-state index < -0.39 is 372 Å². The lowest BCUT2D eigenvalue weighted by atomic mass is 9.82. The second-order valence-corrected chi connectivity index (χ2v) is 13.8. The van der Waals surface area contributed by atoms with Gasteiger partial charge >= 0.3 is 0 Å². The number of fused-ring (bicyclic) bond motifs is 6. The monoisotopic (exact) mass is 877 g/mol. The number of benzene rings is 10. The molecule has 0 N–H and O–H groups in total. The maximum atomic E-state index is 10.2. The summed E-state index contributed by atoms with van der Waals surface area (Å²) in [5.74, 6) is 0. The van der Waals surface area contributed by atoms with Gasteiger partial charge in [0.25, 0.3) is 0 Å². The highest BCUT2D eigenvalue weighted by atomic mass is 15.1. The van der Waals surface area contributed by atoms with Crippen molar-refractivity contribution in [3.63, 3.8) is 0 Å². The van der Waals surface area contributed by atoms with Crippen LogP contribution < -0.4 is 4.90 Å². The Labute approximate surface area is 445 Å². The highest BCUT2D eigenvalue weighted by molar-refractivity contribution is 6.10. The third-order valence-electron chi connectivity index (χ3n) is 10.1. The van der Waals surface area contributed by atoms with Crippen molar-refractivity contribution in [3.8, 4) is 61.3 Å². The molecule has 0 bridgehead atoms. The first-order valence-corrected chi connectivity index (χ1v) is 18.8. The van der Waals surface area contributed by atoms with E-state index in [0.717, 1.165) is 0 Å². The molecule has 0 unspecified atom stereocenters. The predicted octanol–water partition coefficient (Wildman–Crippen LogP) is 17.2. The van der Waals surface area contributed by atoms with Crippen molar-refractivity contribution in [2.75, 3.05) is 4.90 Å². The van der Waals surface area contributed by atoms with E-state index >= 15 is 0 Å². The zero-order valence-electron chi connectivity index (χ0n) is 78.4. The topological polar surface area (TPSA) is 8.17 Å². The quantitative estimate of drug-likeness (QED) is 0.148. The molecule has 308 valence electrons. The first-order valence-electron chi connectivity index (χ1n) is 41.8. The summed E-state index contributed by atoms with van der Waals surface area (Å²) in [5, 5.41) is -1.69. The van der Waals surface area contributed by atoms with Gasteiger partial charge in [0.15, 0.2) is 0 Å².